The Hall–Kier alpha value is -0.640. The van der Waals surface area contributed by atoms with Crippen molar-refractivity contribution in [2.45, 2.75) is 6.92 Å². The van der Waals surface area contributed by atoms with Crippen LogP contribution in [0.2, 0.25) is 15.1 Å². The molecule has 1 rings (SSSR count). The monoisotopic (exact) mass is 265 g/mol. The van der Waals surface area contributed by atoms with Crippen molar-refractivity contribution in [3.63, 3.8) is 0 Å². The number of anilines is 1. The first kappa shape index (κ1) is 12.4. The fraction of sp³-hybridized carbons (Fsp3) is 0.222. The van der Waals surface area contributed by atoms with Gasteiger partial charge in [-0.05, 0) is 19.1 Å². The summed E-state index contributed by atoms with van der Waals surface area (Å²) in [4.78, 5) is 3.96. The molecule has 0 radical (unpaired) electrons. The molecule has 0 bridgehead atoms. The highest BCUT2D eigenvalue weighted by atomic mass is 35.5. The maximum Gasteiger partial charge on any atom is 0.193 e. The van der Waals surface area contributed by atoms with E-state index in [0.717, 1.165) is 0 Å². The first-order valence-corrected chi connectivity index (χ1v) is 5.39. The van der Waals surface area contributed by atoms with Crippen molar-refractivity contribution < 1.29 is 0 Å². The molecule has 0 saturated carbocycles. The standard InChI is InChI=1S/C9H10Cl3N3/c1-2-14-9(13)15-8-4-6(11)5(10)3-7(8)12/h3-4H,2H2,1H3,(H3,13,14,15). The highest BCUT2D eigenvalue weighted by Crippen LogP contribution is 2.31. The van der Waals surface area contributed by atoms with E-state index in [1.165, 1.54) is 0 Å². The van der Waals surface area contributed by atoms with Crippen molar-refractivity contribution in [2.75, 3.05) is 11.9 Å². The van der Waals surface area contributed by atoms with Crippen LogP contribution in [-0.4, -0.2) is 12.5 Å². The molecule has 3 N–H and O–H groups in total. The Balaban J connectivity index is 2.95. The Kier molecular flexibility index (Phi) is 4.51. The largest absolute Gasteiger partial charge is 0.370 e. The second-order valence-corrected chi connectivity index (χ2v) is 3.95. The molecular formula is C9H10Cl3N3. The average molecular weight is 267 g/mol. The van der Waals surface area contributed by atoms with Crippen LogP contribution in [0.3, 0.4) is 0 Å². The molecule has 1 aromatic rings. The third kappa shape index (κ3) is 3.45. The van der Waals surface area contributed by atoms with Crippen LogP contribution in [0.25, 0.3) is 0 Å². The summed E-state index contributed by atoms with van der Waals surface area (Å²) in [6.07, 6.45) is 0. The molecule has 15 heavy (non-hydrogen) atoms. The van der Waals surface area contributed by atoms with Gasteiger partial charge in [0.15, 0.2) is 5.96 Å². The van der Waals surface area contributed by atoms with Crippen molar-refractivity contribution in [3.8, 4) is 0 Å². The van der Waals surface area contributed by atoms with Crippen LogP contribution in [-0.2, 0) is 0 Å². The van der Waals surface area contributed by atoms with Gasteiger partial charge in [-0.15, -0.1) is 0 Å². The molecule has 0 heterocycles. The van der Waals surface area contributed by atoms with E-state index < -0.39 is 0 Å². The number of halogens is 3. The molecular weight excluding hydrogens is 256 g/mol. The third-order valence-corrected chi connectivity index (χ3v) is 2.64. The van der Waals surface area contributed by atoms with Crippen molar-refractivity contribution in [2.24, 2.45) is 10.7 Å². The molecule has 0 aromatic heterocycles. The third-order valence-electron chi connectivity index (χ3n) is 1.60. The minimum atomic E-state index is 0.290. The lowest BCUT2D eigenvalue weighted by molar-refractivity contribution is 1.12. The fourth-order valence-electron chi connectivity index (χ4n) is 0.966. The highest BCUT2D eigenvalue weighted by molar-refractivity contribution is 6.44. The van der Waals surface area contributed by atoms with Gasteiger partial charge in [0, 0.05) is 6.54 Å². The molecule has 0 aliphatic carbocycles. The Bertz CT molecular complexity index is 390. The maximum atomic E-state index is 5.93. The molecule has 0 aliphatic rings. The van der Waals surface area contributed by atoms with E-state index in [-0.39, 0.29) is 5.96 Å². The summed E-state index contributed by atoms with van der Waals surface area (Å²) >= 11 is 17.5. The van der Waals surface area contributed by atoms with E-state index in [4.69, 9.17) is 40.5 Å². The number of nitrogens with zero attached hydrogens (tertiary/aromatic N) is 1. The number of hydrogen-bond acceptors (Lipinski definition) is 1. The smallest absolute Gasteiger partial charge is 0.193 e. The number of guanidine groups is 1. The minimum absolute atomic E-state index is 0.290. The fourth-order valence-corrected chi connectivity index (χ4v) is 1.56. The van der Waals surface area contributed by atoms with Crippen molar-refractivity contribution in [1.82, 2.24) is 0 Å². The van der Waals surface area contributed by atoms with Gasteiger partial charge in [0.05, 0.1) is 20.8 Å². The molecule has 0 fully saturated rings. The zero-order valence-corrected chi connectivity index (χ0v) is 10.3. The van der Waals surface area contributed by atoms with Gasteiger partial charge < -0.3 is 11.1 Å². The molecule has 0 amide bonds. The second-order valence-electron chi connectivity index (χ2n) is 2.73. The number of benzene rings is 1. The van der Waals surface area contributed by atoms with Crippen LogP contribution in [0, 0.1) is 0 Å². The number of hydrogen-bond donors (Lipinski definition) is 2. The Morgan fingerprint density at radius 1 is 1.27 bits per heavy atom. The lowest BCUT2D eigenvalue weighted by Gasteiger charge is -2.08. The van der Waals surface area contributed by atoms with Gasteiger partial charge in [0.1, 0.15) is 0 Å². The summed E-state index contributed by atoms with van der Waals surface area (Å²) in [5.41, 5.74) is 6.16. The molecule has 6 heteroatoms. The molecule has 0 aliphatic heterocycles. The topological polar surface area (TPSA) is 50.4 Å². The molecule has 82 valence electrons. The molecule has 3 nitrogen and oxygen atoms in total. The zero-order valence-electron chi connectivity index (χ0n) is 8.02. The van der Waals surface area contributed by atoms with Gasteiger partial charge in [-0.2, -0.15) is 0 Å². The van der Waals surface area contributed by atoms with E-state index in [0.29, 0.717) is 27.3 Å². The number of rotatable bonds is 2. The summed E-state index contributed by atoms with van der Waals surface area (Å²) in [6.45, 7) is 2.47. The Morgan fingerprint density at radius 2 is 1.87 bits per heavy atom. The summed E-state index contributed by atoms with van der Waals surface area (Å²) in [5, 5.41) is 4.09. The summed E-state index contributed by atoms with van der Waals surface area (Å²) in [6, 6.07) is 3.15. The number of nitrogens with one attached hydrogen (secondary N) is 1. The van der Waals surface area contributed by atoms with Crippen molar-refractivity contribution in [1.29, 1.82) is 0 Å². The normalized spacial score (nSPS) is 11.6. The Morgan fingerprint density at radius 3 is 2.47 bits per heavy atom. The molecule has 1 aromatic carbocycles. The van der Waals surface area contributed by atoms with Gasteiger partial charge in [0.25, 0.3) is 0 Å². The second kappa shape index (κ2) is 5.45. The first-order valence-electron chi connectivity index (χ1n) is 4.26. The van der Waals surface area contributed by atoms with Gasteiger partial charge >= 0.3 is 0 Å². The SMILES string of the molecule is CCN=C(N)Nc1cc(Cl)c(Cl)cc1Cl. The number of aliphatic imine (C=N–C) groups is 1. The van der Waals surface area contributed by atoms with Gasteiger partial charge in [-0.25, -0.2) is 0 Å². The lowest BCUT2D eigenvalue weighted by Crippen LogP contribution is -2.22. The summed E-state index contributed by atoms with van der Waals surface area (Å²) in [5.74, 6) is 0.290. The predicted octanol–water partition coefficient (Wildman–Crippen LogP) is 3.39. The van der Waals surface area contributed by atoms with Gasteiger partial charge in [-0.3, -0.25) is 4.99 Å². The van der Waals surface area contributed by atoms with Crippen molar-refractivity contribution >= 4 is 46.4 Å². The van der Waals surface area contributed by atoms with Gasteiger partial charge in [-0.1, -0.05) is 34.8 Å². The van der Waals surface area contributed by atoms with Crippen molar-refractivity contribution in [3.05, 3.63) is 27.2 Å². The van der Waals surface area contributed by atoms with Crippen LogP contribution in [0.5, 0.6) is 0 Å². The molecule has 0 atom stereocenters. The van der Waals surface area contributed by atoms with Gasteiger partial charge in [0.2, 0.25) is 0 Å². The van der Waals surface area contributed by atoms with E-state index in [9.17, 15) is 0 Å². The van der Waals surface area contributed by atoms with Crippen LogP contribution in [0.1, 0.15) is 6.92 Å². The van der Waals surface area contributed by atoms with E-state index >= 15 is 0 Å². The molecule has 0 spiro atoms. The zero-order chi connectivity index (χ0) is 11.4. The first-order chi connectivity index (χ1) is 7.04. The molecule has 0 saturated heterocycles. The quantitative estimate of drug-likeness (QED) is 0.490. The minimum Gasteiger partial charge on any atom is -0.370 e. The average Bonchev–Trinajstić information content (AvgIpc) is 2.14. The predicted molar refractivity (Wildman–Crippen MR) is 67.3 cm³/mol. The van der Waals surface area contributed by atoms with Crippen LogP contribution in [0.15, 0.2) is 17.1 Å². The molecule has 0 unspecified atom stereocenters. The number of nitrogens with two attached hydrogens (primary N) is 1. The summed E-state index contributed by atoms with van der Waals surface area (Å²) in [7, 11) is 0. The van der Waals surface area contributed by atoms with E-state index in [2.05, 4.69) is 10.3 Å². The van der Waals surface area contributed by atoms with E-state index in [1.54, 1.807) is 12.1 Å². The van der Waals surface area contributed by atoms with Crippen LogP contribution < -0.4 is 11.1 Å². The van der Waals surface area contributed by atoms with Crippen LogP contribution >= 0.6 is 34.8 Å². The lowest BCUT2D eigenvalue weighted by atomic mass is 10.3. The van der Waals surface area contributed by atoms with E-state index in [1.807, 2.05) is 6.92 Å². The Labute approximate surface area is 103 Å². The highest BCUT2D eigenvalue weighted by Gasteiger charge is 2.06. The van der Waals surface area contributed by atoms with Crippen LogP contribution in [0.4, 0.5) is 5.69 Å². The maximum absolute atomic E-state index is 5.93. The summed E-state index contributed by atoms with van der Waals surface area (Å²) < 4.78 is 0.